The van der Waals surface area contributed by atoms with Crippen molar-refractivity contribution < 1.29 is 0 Å². The summed E-state index contributed by atoms with van der Waals surface area (Å²) in [6.07, 6.45) is 0. The topological polar surface area (TPSA) is 8.17 Å². The molecule has 0 atom stereocenters. The van der Waals surface area contributed by atoms with Crippen LogP contribution in [0.3, 0.4) is 0 Å². The minimum absolute atomic E-state index is 1.09. The lowest BCUT2D eigenvalue weighted by atomic mass is 9.99. The fourth-order valence-corrected chi connectivity index (χ4v) is 8.91. The minimum Gasteiger partial charge on any atom is -0.311 e. The number of hydrogen-bond acceptors (Lipinski definition) is 1. The summed E-state index contributed by atoms with van der Waals surface area (Å²) in [5.74, 6) is 0. The van der Waals surface area contributed by atoms with Crippen LogP contribution < -0.4 is 4.90 Å². The van der Waals surface area contributed by atoms with Crippen LogP contribution in [0.2, 0.25) is 0 Å². The van der Waals surface area contributed by atoms with Gasteiger partial charge in [-0.2, -0.15) is 0 Å². The van der Waals surface area contributed by atoms with Gasteiger partial charge in [0.05, 0.1) is 16.7 Å². The molecule has 0 radical (unpaired) electrons. The normalized spacial score (nSPS) is 11.2. The third-order valence-electron chi connectivity index (χ3n) is 12.0. The third kappa shape index (κ3) is 6.94. The van der Waals surface area contributed by atoms with Crippen molar-refractivity contribution in [2.45, 2.75) is 0 Å². The fourth-order valence-electron chi connectivity index (χ4n) is 8.91. The van der Waals surface area contributed by atoms with Gasteiger partial charge in [0.1, 0.15) is 0 Å². The highest BCUT2D eigenvalue weighted by Crippen LogP contribution is 2.41. The van der Waals surface area contributed by atoms with Gasteiger partial charge in [0, 0.05) is 33.4 Å². The van der Waals surface area contributed by atoms with Gasteiger partial charge >= 0.3 is 0 Å². The Hall–Kier alpha value is -8.20. The highest BCUT2D eigenvalue weighted by Gasteiger charge is 2.18. The summed E-state index contributed by atoms with van der Waals surface area (Å²) in [6, 6.07) is 91.9. The summed E-state index contributed by atoms with van der Waals surface area (Å²) in [5, 5.41) is 2.49. The number of hydrogen-bond donors (Lipinski definition) is 0. The molecule has 0 saturated heterocycles. The summed E-state index contributed by atoms with van der Waals surface area (Å²) < 4.78 is 2.43. The van der Waals surface area contributed by atoms with E-state index in [1.54, 1.807) is 0 Å². The van der Waals surface area contributed by atoms with Crippen molar-refractivity contribution in [2.75, 3.05) is 4.90 Å². The Bertz CT molecular complexity index is 3280. The van der Waals surface area contributed by atoms with Gasteiger partial charge in [0.15, 0.2) is 0 Å². The molecular formula is C60H42N2. The smallest absolute Gasteiger partial charge is 0.0541 e. The maximum Gasteiger partial charge on any atom is 0.0541 e. The maximum absolute atomic E-state index is 2.43. The fraction of sp³-hybridized carbons (Fsp3) is 0. The average molecular weight is 791 g/mol. The van der Waals surface area contributed by atoms with Crippen molar-refractivity contribution in [3.63, 3.8) is 0 Å². The average Bonchev–Trinajstić information content (AvgIpc) is 3.69. The molecule has 2 heteroatoms. The van der Waals surface area contributed by atoms with E-state index < -0.39 is 0 Å². The highest BCUT2D eigenvalue weighted by molar-refractivity contribution is 6.11. The van der Waals surface area contributed by atoms with Gasteiger partial charge in [-0.15, -0.1) is 0 Å². The molecule has 0 aliphatic heterocycles. The molecule has 0 fully saturated rings. The SMILES string of the molecule is c1ccc(-c2ccc(-c3ccc(N(c4ccc(-c5ccccc5)cc4)c4ccc(-c5ccccc5-n5c6ccccc6c6cc(-c7ccccc7)ccc65)cc4)cc3)cc2)cc1. The lowest BCUT2D eigenvalue weighted by Crippen LogP contribution is -2.09. The van der Waals surface area contributed by atoms with Crippen molar-refractivity contribution in [2.24, 2.45) is 0 Å². The van der Waals surface area contributed by atoms with E-state index in [0.717, 1.165) is 28.3 Å². The Morgan fingerprint density at radius 1 is 0.242 bits per heavy atom. The Labute approximate surface area is 362 Å². The highest BCUT2D eigenvalue weighted by atomic mass is 15.1. The second kappa shape index (κ2) is 16.1. The van der Waals surface area contributed by atoms with Crippen molar-refractivity contribution in [3.05, 3.63) is 255 Å². The molecule has 10 aromatic carbocycles. The van der Waals surface area contributed by atoms with Gasteiger partial charge in [0.25, 0.3) is 0 Å². The monoisotopic (exact) mass is 790 g/mol. The molecule has 0 saturated carbocycles. The quantitative estimate of drug-likeness (QED) is 0.141. The zero-order valence-corrected chi connectivity index (χ0v) is 34.1. The number of para-hydroxylation sites is 2. The molecule has 0 amide bonds. The van der Waals surface area contributed by atoms with E-state index in [9.17, 15) is 0 Å². The van der Waals surface area contributed by atoms with Gasteiger partial charge < -0.3 is 9.47 Å². The molecule has 62 heavy (non-hydrogen) atoms. The van der Waals surface area contributed by atoms with Crippen LogP contribution in [0.15, 0.2) is 255 Å². The molecular weight excluding hydrogens is 749 g/mol. The summed E-state index contributed by atoms with van der Waals surface area (Å²) in [5.41, 5.74) is 18.8. The van der Waals surface area contributed by atoms with Crippen molar-refractivity contribution >= 4 is 38.9 Å². The second-order valence-electron chi connectivity index (χ2n) is 15.8. The van der Waals surface area contributed by atoms with Crippen LogP contribution in [0.1, 0.15) is 0 Å². The van der Waals surface area contributed by atoms with Gasteiger partial charge in [0.2, 0.25) is 0 Å². The van der Waals surface area contributed by atoms with Crippen molar-refractivity contribution in [3.8, 4) is 61.3 Å². The molecule has 0 unspecified atom stereocenters. The lowest BCUT2D eigenvalue weighted by molar-refractivity contribution is 1.18. The van der Waals surface area contributed by atoms with Crippen LogP contribution in [0.25, 0.3) is 83.1 Å². The van der Waals surface area contributed by atoms with E-state index in [1.807, 2.05) is 0 Å². The Balaban J connectivity index is 0.966. The molecule has 0 bridgehead atoms. The van der Waals surface area contributed by atoms with E-state index in [1.165, 1.54) is 71.9 Å². The van der Waals surface area contributed by atoms with E-state index >= 15 is 0 Å². The van der Waals surface area contributed by atoms with Crippen LogP contribution in [0.4, 0.5) is 17.1 Å². The van der Waals surface area contributed by atoms with Crippen LogP contribution in [0, 0.1) is 0 Å². The number of benzene rings is 10. The molecule has 292 valence electrons. The van der Waals surface area contributed by atoms with Gasteiger partial charge in [-0.3, -0.25) is 0 Å². The molecule has 11 rings (SSSR count). The van der Waals surface area contributed by atoms with Crippen molar-refractivity contribution in [1.29, 1.82) is 0 Å². The van der Waals surface area contributed by atoms with Crippen LogP contribution in [0.5, 0.6) is 0 Å². The molecule has 2 nitrogen and oxygen atoms in total. The Morgan fingerprint density at radius 3 is 1.11 bits per heavy atom. The molecule has 11 aromatic rings. The summed E-state index contributed by atoms with van der Waals surface area (Å²) >= 11 is 0. The zero-order valence-electron chi connectivity index (χ0n) is 34.1. The first-order valence-electron chi connectivity index (χ1n) is 21.3. The second-order valence-corrected chi connectivity index (χ2v) is 15.8. The minimum atomic E-state index is 1.09. The van der Waals surface area contributed by atoms with Gasteiger partial charge in [-0.25, -0.2) is 0 Å². The van der Waals surface area contributed by atoms with Crippen molar-refractivity contribution in [1.82, 2.24) is 4.57 Å². The first-order valence-corrected chi connectivity index (χ1v) is 21.3. The van der Waals surface area contributed by atoms with E-state index in [4.69, 9.17) is 0 Å². The predicted molar refractivity (Wildman–Crippen MR) is 263 cm³/mol. The van der Waals surface area contributed by atoms with Gasteiger partial charge in [-0.1, -0.05) is 194 Å². The van der Waals surface area contributed by atoms with E-state index in [0.29, 0.717) is 0 Å². The third-order valence-corrected chi connectivity index (χ3v) is 12.0. The molecule has 0 aliphatic rings. The number of nitrogens with zero attached hydrogens (tertiary/aromatic N) is 2. The molecule has 1 aromatic heterocycles. The van der Waals surface area contributed by atoms with Crippen LogP contribution >= 0.6 is 0 Å². The maximum atomic E-state index is 2.43. The van der Waals surface area contributed by atoms with Gasteiger partial charge in [-0.05, 0) is 111 Å². The summed E-state index contributed by atoms with van der Waals surface area (Å²) in [6.45, 7) is 0. The predicted octanol–water partition coefficient (Wildman–Crippen LogP) is 16.6. The molecule has 0 spiro atoms. The first kappa shape index (κ1) is 36.8. The lowest BCUT2D eigenvalue weighted by Gasteiger charge is -2.26. The summed E-state index contributed by atoms with van der Waals surface area (Å²) in [7, 11) is 0. The Kier molecular flexibility index (Phi) is 9.57. The Morgan fingerprint density at radius 2 is 0.597 bits per heavy atom. The number of aromatic nitrogens is 1. The largest absolute Gasteiger partial charge is 0.311 e. The zero-order chi connectivity index (χ0) is 41.2. The molecule has 0 N–H and O–H groups in total. The standard InChI is InChI=1S/C60H42N2/c1-4-14-43(15-5-1)46-24-26-47(27-25-46)49-30-37-53(38-31-49)61(52-35-28-48(29-36-52)44-16-6-2-7-17-44)54-39-32-50(33-40-54)55-20-10-12-22-58(55)62-59-23-13-11-21-56(59)57-42-51(34-41-60(57)62)45-18-8-3-9-19-45/h1-42H. The number of fused-ring (bicyclic) bond motifs is 3. The number of anilines is 3. The number of rotatable bonds is 9. The van der Waals surface area contributed by atoms with Crippen LogP contribution in [-0.2, 0) is 0 Å². The molecule has 0 aliphatic carbocycles. The van der Waals surface area contributed by atoms with E-state index in [-0.39, 0.29) is 0 Å². The van der Waals surface area contributed by atoms with Crippen LogP contribution in [-0.4, -0.2) is 4.57 Å². The first-order chi connectivity index (χ1) is 30.7. The van der Waals surface area contributed by atoms with E-state index in [2.05, 4.69) is 264 Å². The summed E-state index contributed by atoms with van der Waals surface area (Å²) in [4.78, 5) is 2.35. The molecule has 1 heterocycles.